The second-order valence-corrected chi connectivity index (χ2v) is 3.59. The Morgan fingerprint density at radius 1 is 1.55 bits per heavy atom. The molecule has 2 heteroatoms. The minimum atomic E-state index is 0.128. The highest BCUT2D eigenvalue weighted by molar-refractivity contribution is 5.31. The average Bonchev–Trinajstić information content (AvgIpc) is 2.31. The van der Waals surface area contributed by atoms with Gasteiger partial charge in [-0.05, 0) is 20.8 Å². The smallest absolute Gasteiger partial charge is 0.244 e. The van der Waals surface area contributed by atoms with Crippen LogP contribution >= 0.6 is 0 Å². The second kappa shape index (κ2) is 2.53. The van der Waals surface area contributed by atoms with Crippen molar-refractivity contribution in [1.29, 1.82) is 0 Å². The number of nitrogens with one attached hydrogen (secondary N) is 1. The van der Waals surface area contributed by atoms with E-state index in [1.165, 1.54) is 0 Å². The van der Waals surface area contributed by atoms with E-state index in [1.54, 1.807) is 0 Å². The lowest BCUT2D eigenvalue weighted by Crippen LogP contribution is -2.50. The van der Waals surface area contributed by atoms with Crippen LogP contribution in [0.1, 0.15) is 26.6 Å². The maximum atomic E-state index is 3.73. The molecule has 0 spiro atoms. The van der Waals surface area contributed by atoms with Crippen LogP contribution < -0.4 is 4.57 Å². The number of rotatable bonds is 1. The third-order valence-electron chi connectivity index (χ3n) is 1.63. The molecule has 0 saturated carbocycles. The molecule has 0 fully saturated rings. The summed E-state index contributed by atoms with van der Waals surface area (Å²) in [5.41, 5.74) is 0.128. The topological polar surface area (TPSA) is 19.7 Å². The van der Waals surface area contributed by atoms with Gasteiger partial charge in [0.1, 0.15) is 17.9 Å². The highest BCUT2D eigenvalue weighted by Crippen LogP contribution is 2.05. The Labute approximate surface area is 67.6 Å². The first kappa shape index (κ1) is 8.05. The fourth-order valence-corrected chi connectivity index (χ4v) is 1.09. The maximum absolute atomic E-state index is 3.73. The van der Waals surface area contributed by atoms with Crippen molar-refractivity contribution in [3.05, 3.63) is 24.8 Å². The minimum Gasteiger partial charge on any atom is -0.244 e. The zero-order chi connectivity index (χ0) is 8.48. The molecule has 0 amide bonds. The van der Waals surface area contributed by atoms with Gasteiger partial charge in [-0.1, -0.05) is 6.58 Å². The van der Waals surface area contributed by atoms with E-state index in [4.69, 9.17) is 0 Å². The van der Waals surface area contributed by atoms with Crippen LogP contribution in [0.3, 0.4) is 0 Å². The van der Waals surface area contributed by atoms with Crippen molar-refractivity contribution in [2.45, 2.75) is 26.3 Å². The maximum Gasteiger partial charge on any atom is 0.279 e. The van der Waals surface area contributed by atoms with Crippen molar-refractivity contribution in [3.8, 4) is 0 Å². The summed E-state index contributed by atoms with van der Waals surface area (Å²) in [5, 5.41) is 0. The van der Waals surface area contributed by atoms with Gasteiger partial charge in [0, 0.05) is 6.08 Å². The first-order valence-corrected chi connectivity index (χ1v) is 3.77. The Bertz CT molecular complexity index is 253. The number of imidazole rings is 1. The van der Waals surface area contributed by atoms with E-state index in [1.807, 2.05) is 18.5 Å². The number of H-pyrrole nitrogens is 1. The molecule has 1 aromatic heterocycles. The number of hydrogen-bond donors (Lipinski definition) is 1. The Hall–Kier alpha value is -1.05. The van der Waals surface area contributed by atoms with Crippen molar-refractivity contribution in [2.24, 2.45) is 0 Å². The Morgan fingerprint density at radius 2 is 2.18 bits per heavy atom. The molecule has 11 heavy (non-hydrogen) atoms. The summed E-state index contributed by atoms with van der Waals surface area (Å²) in [6.07, 6.45) is 5.77. The Kier molecular flexibility index (Phi) is 1.85. The minimum absolute atomic E-state index is 0.128. The summed E-state index contributed by atoms with van der Waals surface area (Å²) in [6.45, 7) is 10.2. The summed E-state index contributed by atoms with van der Waals surface area (Å²) in [5.74, 6) is 1.05. The van der Waals surface area contributed by atoms with Crippen LogP contribution in [0.5, 0.6) is 0 Å². The molecule has 1 aromatic rings. The van der Waals surface area contributed by atoms with Gasteiger partial charge >= 0.3 is 0 Å². The summed E-state index contributed by atoms with van der Waals surface area (Å²) in [4.78, 5) is 3.11. The van der Waals surface area contributed by atoms with E-state index in [0.29, 0.717) is 0 Å². The lowest BCUT2D eigenvalue weighted by Gasteiger charge is -2.15. The zero-order valence-electron chi connectivity index (χ0n) is 7.39. The predicted octanol–water partition coefficient (Wildman–Crippen LogP) is 1.70. The first-order chi connectivity index (χ1) is 5.05. The third kappa shape index (κ3) is 1.50. The quantitative estimate of drug-likeness (QED) is 0.589. The summed E-state index contributed by atoms with van der Waals surface area (Å²) in [6, 6.07) is 0. The Balaban J connectivity index is 3.12. The molecule has 1 N–H and O–H groups in total. The number of aromatic amines is 1. The van der Waals surface area contributed by atoms with Crippen LogP contribution in [0.4, 0.5) is 0 Å². The molecule has 0 aliphatic heterocycles. The van der Waals surface area contributed by atoms with Gasteiger partial charge in [-0.3, -0.25) is 0 Å². The highest BCUT2D eigenvalue weighted by atomic mass is 15.1. The van der Waals surface area contributed by atoms with Gasteiger partial charge in [0.05, 0.1) is 0 Å². The average molecular weight is 151 g/mol. The second-order valence-electron chi connectivity index (χ2n) is 3.59. The predicted molar refractivity (Wildman–Crippen MR) is 46.1 cm³/mol. The van der Waals surface area contributed by atoms with E-state index in [-0.39, 0.29) is 5.54 Å². The molecule has 1 heterocycles. The number of nitrogens with zero attached hydrogens (tertiary/aromatic N) is 1. The van der Waals surface area contributed by atoms with E-state index in [0.717, 1.165) is 5.82 Å². The van der Waals surface area contributed by atoms with Crippen molar-refractivity contribution in [3.63, 3.8) is 0 Å². The lowest BCUT2D eigenvalue weighted by molar-refractivity contribution is -0.754. The van der Waals surface area contributed by atoms with E-state index >= 15 is 0 Å². The molecule has 0 unspecified atom stereocenters. The third-order valence-corrected chi connectivity index (χ3v) is 1.63. The Morgan fingerprint density at radius 3 is 2.55 bits per heavy atom. The summed E-state index contributed by atoms with van der Waals surface area (Å²) in [7, 11) is 0. The van der Waals surface area contributed by atoms with Crippen molar-refractivity contribution < 1.29 is 4.57 Å². The van der Waals surface area contributed by atoms with Crippen LogP contribution in [0.2, 0.25) is 0 Å². The van der Waals surface area contributed by atoms with Gasteiger partial charge in [0.25, 0.3) is 5.82 Å². The normalized spacial score (nSPS) is 11.5. The molecule has 0 aliphatic carbocycles. The van der Waals surface area contributed by atoms with Crippen LogP contribution in [0, 0.1) is 0 Å². The van der Waals surface area contributed by atoms with Gasteiger partial charge < -0.3 is 0 Å². The monoisotopic (exact) mass is 151 g/mol. The fourth-order valence-electron chi connectivity index (χ4n) is 1.09. The van der Waals surface area contributed by atoms with Crippen LogP contribution in [-0.4, -0.2) is 4.98 Å². The SMILES string of the molecule is C=Cc1[nH]cc[n+]1C(C)(C)C. The summed E-state index contributed by atoms with van der Waals surface area (Å²) < 4.78 is 2.15. The molecular weight excluding hydrogens is 136 g/mol. The van der Waals surface area contributed by atoms with Gasteiger partial charge in [0.2, 0.25) is 0 Å². The number of hydrogen-bond acceptors (Lipinski definition) is 0. The standard InChI is InChI=1S/C9H14N2/c1-5-8-10-6-7-11(8)9(2,3)4/h5-7H,1H2,2-4H3/p+1. The van der Waals surface area contributed by atoms with Gasteiger partial charge in [-0.15, -0.1) is 0 Å². The largest absolute Gasteiger partial charge is 0.279 e. The van der Waals surface area contributed by atoms with E-state index in [9.17, 15) is 0 Å². The number of aromatic nitrogens is 2. The molecule has 0 aromatic carbocycles. The van der Waals surface area contributed by atoms with Crippen LogP contribution in [-0.2, 0) is 5.54 Å². The molecule has 0 atom stereocenters. The van der Waals surface area contributed by atoms with Crippen LogP contribution in [0.15, 0.2) is 19.0 Å². The van der Waals surface area contributed by atoms with E-state index < -0.39 is 0 Å². The molecule has 2 nitrogen and oxygen atoms in total. The van der Waals surface area contributed by atoms with Crippen LogP contribution in [0.25, 0.3) is 6.08 Å². The van der Waals surface area contributed by atoms with Gasteiger partial charge in [-0.25, -0.2) is 9.55 Å². The van der Waals surface area contributed by atoms with Crippen molar-refractivity contribution in [2.75, 3.05) is 0 Å². The highest BCUT2D eigenvalue weighted by Gasteiger charge is 2.21. The van der Waals surface area contributed by atoms with Crippen molar-refractivity contribution >= 4 is 6.08 Å². The van der Waals surface area contributed by atoms with E-state index in [2.05, 4.69) is 36.9 Å². The molecular formula is C9H15N2+. The zero-order valence-corrected chi connectivity index (χ0v) is 7.39. The molecule has 0 bridgehead atoms. The molecule has 60 valence electrons. The molecule has 0 radical (unpaired) electrons. The fraction of sp³-hybridized carbons (Fsp3) is 0.444. The van der Waals surface area contributed by atoms with Gasteiger partial charge in [0.15, 0.2) is 0 Å². The lowest BCUT2D eigenvalue weighted by atomic mass is 10.1. The molecule has 0 saturated heterocycles. The first-order valence-electron chi connectivity index (χ1n) is 3.77. The van der Waals surface area contributed by atoms with Gasteiger partial charge in [-0.2, -0.15) is 0 Å². The van der Waals surface area contributed by atoms with Crippen molar-refractivity contribution in [1.82, 2.24) is 4.98 Å². The molecule has 1 rings (SSSR count). The summed E-state index contributed by atoms with van der Waals surface area (Å²) >= 11 is 0. The molecule has 0 aliphatic rings.